The maximum absolute atomic E-state index is 15.1. The highest BCUT2D eigenvalue weighted by atomic mass is 28.4. The average molecular weight is 358 g/mol. The van der Waals surface area contributed by atoms with Crippen molar-refractivity contribution < 1.29 is 18.3 Å². The molecule has 9 heteroatoms. The number of alkyl halides is 1. The number of hydrogen-bond donors (Lipinski definition) is 1. The fraction of sp³-hybridized carbons (Fsp3) is 0.733. The lowest BCUT2D eigenvalue weighted by molar-refractivity contribution is -0.0966. The molecule has 134 valence electrons. The molecule has 1 aromatic rings. The molecule has 0 saturated carbocycles. The third-order valence-corrected chi connectivity index (χ3v) is 9.55. The van der Waals surface area contributed by atoms with Crippen molar-refractivity contribution in [1.82, 2.24) is 9.55 Å². The fourth-order valence-corrected chi connectivity index (χ4v) is 3.82. The molecule has 2 aliphatic heterocycles. The van der Waals surface area contributed by atoms with Crippen LogP contribution in [0.4, 0.5) is 4.39 Å². The lowest BCUT2D eigenvalue weighted by Crippen LogP contribution is -2.49. The molecule has 3 heterocycles. The van der Waals surface area contributed by atoms with Gasteiger partial charge in [-0.15, -0.1) is 0 Å². The van der Waals surface area contributed by atoms with Gasteiger partial charge in [-0.3, -0.25) is 14.3 Å². The van der Waals surface area contributed by atoms with Gasteiger partial charge in [0, 0.05) is 12.3 Å². The third-order valence-electron chi connectivity index (χ3n) is 5.10. The first-order valence-electron chi connectivity index (χ1n) is 7.92. The van der Waals surface area contributed by atoms with E-state index in [1.807, 2.05) is 13.1 Å². The van der Waals surface area contributed by atoms with Crippen LogP contribution in [0.2, 0.25) is 18.1 Å². The van der Waals surface area contributed by atoms with Gasteiger partial charge in [-0.2, -0.15) is 0 Å². The first-order chi connectivity index (χ1) is 11.0. The van der Waals surface area contributed by atoms with Gasteiger partial charge in [0.15, 0.2) is 20.7 Å². The Labute approximate surface area is 139 Å². The molecule has 1 spiro atoms. The second kappa shape index (κ2) is 5.35. The van der Waals surface area contributed by atoms with Crippen LogP contribution in [-0.2, 0) is 13.9 Å². The Morgan fingerprint density at radius 2 is 2.04 bits per heavy atom. The van der Waals surface area contributed by atoms with Crippen LogP contribution in [0.5, 0.6) is 0 Å². The van der Waals surface area contributed by atoms with E-state index >= 15 is 4.39 Å². The van der Waals surface area contributed by atoms with E-state index < -0.39 is 43.9 Å². The van der Waals surface area contributed by atoms with Crippen LogP contribution >= 0.6 is 0 Å². The first kappa shape index (κ1) is 17.5. The number of nitrogens with zero attached hydrogens (tertiary/aromatic N) is 1. The minimum Gasteiger partial charge on any atom is -0.405 e. The van der Waals surface area contributed by atoms with Crippen molar-refractivity contribution in [3.63, 3.8) is 0 Å². The van der Waals surface area contributed by atoms with E-state index in [9.17, 15) is 9.59 Å². The molecule has 0 radical (unpaired) electrons. The second-order valence-corrected chi connectivity index (χ2v) is 12.6. The number of H-pyrrole nitrogens is 1. The summed E-state index contributed by atoms with van der Waals surface area (Å²) in [6, 6.07) is 1.15. The van der Waals surface area contributed by atoms with E-state index in [4.69, 9.17) is 13.9 Å². The van der Waals surface area contributed by atoms with Crippen LogP contribution in [0.3, 0.4) is 0 Å². The van der Waals surface area contributed by atoms with Gasteiger partial charge in [0.05, 0.1) is 0 Å². The normalized spacial score (nSPS) is 33.2. The number of ether oxygens (including phenoxy) is 2. The Bertz CT molecular complexity index is 749. The van der Waals surface area contributed by atoms with E-state index in [-0.39, 0.29) is 11.6 Å². The second-order valence-electron chi connectivity index (χ2n) is 7.87. The Morgan fingerprint density at radius 1 is 1.42 bits per heavy atom. The van der Waals surface area contributed by atoms with Crippen molar-refractivity contribution in [2.75, 3.05) is 6.61 Å². The number of hydrogen-bond acceptors (Lipinski definition) is 5. The molecule has 3 rings (SSSR count). The summed E-state index contributed by atoms with van der Waals surface area (Å²) in [6.07, 6.45) is -2.44. The molecular formula is C15H23FN2O5Si. The van der Waals surface area contributed by atoms with Crippen LogP contribution in [0.1, 0.15) is 27.0 Å². The Balaban J connectivity index is 1.90. The van der Waals surface area contributed by atoms with Crippen molar-refractivity contribution in [2.45, 2.75) is 63.2 Å². The number of halogens is 1. The molecule has 1 N–H and O–H groups in total. The van der Waals surface area contributed by atoms with E-state index in [0.717, 1.165) is 10.6 Å². The van der Waals surface area contributed by atoms with Gasteiger partial charge in [0.1, 0.15) is 12.7 Å². The van der Waals surface area contributed by atoms with Crippen LogP contribution in [0.15, 0.2) is 21.9 Å². The molecule has 2 fully saturated rings. The van der Waals surface area contributed by atoms with Crippen LogP contribution in [-0.4, -0.2) is 42.5 Å². The molecule has 4 atom stereocenters. The lowest BCUT2D eigenvalue weighted by Gasteiger charge is -2.39. The highest BCUT2D eigenvalue weighted by Gasteiger charge is 2.67. The largest absolute Gasteiger partial charge is 0.405 e. The van der Waals surface area contributed by atoms with E-state index in [1.54, 1.807) is 0 Å². The highest BCUT2D eigenvalue weighted by molar-refractivity contribution is 6.74. The van der Waals surface area contributed by atoms with Crippen LogP contribution in [0.25, 0.3) is 0 Å². The molecule has 0 bridgehead atoms. The predicted octanol–water partition coefficient (Wildman–Crippen LogP) is 1.52. The fourth-order valence-electron chi connectivity index (χ4n) is 2.52. The van der Waals surface area contributed by atoms with Crippen molar-refractivity contribution in [1.29, 1.82) is 0 Å². The number of nitrogens with one attached hydrogen (secondary N) is 1. The molecule has 2 saturated heterocycles. The van der Waals surface area contributed by atoms with Crippen molar-refractivity contribution >= 4 is 8.32 Å². The third kappa shape index (κ3) is 2.79. The van der Waals surface area contributed by atoms with Crippen molar-refractivity contribution in [2.24, 2.45) is 0 Å². The van der Waals surface area contributed by atoms with Crippen LogP contribution in [0, 0.1) is 0 Å². The van der Waals surface area contributed by atoms with Gasteiger partial charge in [-0.05, 0) is 18.1 Å². The van der Waals surface area contributed by atoms with E-state index in [1.165, 1.54) is 6.20 Å². The quantitative estimate of drug-likeness (QED) is 0.654. The minimum absolute atomic E-state index is 0.101. The summed E-state index contributed by atoms with van der Waals surface area (Å²) in [5.41, 5.74) is -1.27. The van der Waals surface area contributed by atoms with E-state index in [2.05, 4.69) is 25.8 Å². The van der Waals surface area contributed by atoms with Gasteiger partial charge in [0.25, 0.3) is 5.56 Å². The molecule has 7 nitrogen and oxygen atoms in total. The maximum atomic E-state index is 15.1. The van der Waals surface area contributed by atoms with E-state index in [0.29, 0.717) is 0 Å². The molecular weight excluding hydrogens is 335 g/mol. The highest BCUT2D eigenvalue weighted by Crippen LogP contribution is 2.51. The summed E-state index contributed by atoms with van der Waals surface area (Å²) in [5.74, 6) is -1.14. The first-order valence-corrected chi connectivity index (χ1v) is 10.8. The summed E-state index contributed by atoms with van der Waals surface area (Å²) in [4.78, 5) is 25.2. The zero-order valence-electron chi connectivity index (χ0n) is 14.5. The number of epoxide rings is 1. The van der Waals surface area contributed by atoms with Gasteiger partial charge in [-0.1, -0.05) is 20.8 Å². The summed E-state index contributed by atoms with van der Waals surface area (Å²) >= 11 is 0. The number of rotatable bonds is 3. The summed E-state index contributed by atoms with van der Waals surface area (Å²) < 4.78 is 33.4. The Morgan fingerprint density at radius 3 is 2.54 bits per heavy atom. The zero-order chi connectivity index (χ0) is 17.9. The minimum atomic E-state index is -2.26. The lowest BCUT2D eigenvalue weighted by atomic mass is 10.1. The number of aromatic nitrogens is 2. The summed E-state index contributed by atoms with van der Waals surface area (Å²) in [6.45, 7) is 10.5. The standard InChI is InChI=1S/C15H23FN2O5Si/c1-14(2,3)24(4,5)23-11-10(16)12(22-15(11)8-21-15)18-7-6-9(19)17-13(18)20/h6-7,10-12H,8H2,1-5H3,(H,17,19,20)/t10-,11?,12-,15+/m1/s1. The average Bonchev–Trinajstić information content (AvgIpc) is 3.17. The molecule has 1 aromatic heterocycles. The number of aromatic amines is 1. The maximum Gasteiger partial charge on any atom is 0.330 e. The monoisotopic (exact) mass is 358 g/mol. The molecule has 0 aliphatic carbocycles. The van der Waals surface area contributed by atoms with Crippen molar-refractivity contribution in [3.05, 3.63) is 33.1 Å². The Kier molecular flexibility index (Phi) is 3.91. The molecule has 0 aromatic carbocycles. The topological polar surface area (TPSA) is 85.9 Å². The SMILES string of the molecule is CC(C)(C)[Si](C)(C)OC1[C@@H](F)[C@H](n2ccc(=O)[nH]c2=O)O[C@@]12CO2. The van der Waals surface area contributed by atoms with Crippen molar-refractivity contribution in [3.8, 4) is 0 Å². The predicted molar refractivity (Wildman–Crippen MR) is 87.1 cm³/mol. The van der Waals surface area contributed by atoms with Gasteiger partial charge < -0.3 is 13.9 Å². The summed E-state index contributed by atoms with van der Waals surface area (Å²) in [5, 5.41) is -0.101. The molecule has 24 heavy (non-hydrogen) atoms. The van der Waals surface area contributed by atoms with Gasteiger partial charge in [-0.25, -0.2) is 9.18 Å². The van der Waals surface area contributed by atoms with Gasteiger partial charge in [0.2, 0.25) is 5.79 Å². The molecule has 1 unspecified atom stereocenters. The zero-order valence-corrected chi connectivity index (χ0v) is 15.5. The molecule has 2 aliphatic rings. The van der Waals surface area contributed by atoms with Crippen LogP contribution < -0.4 is 11.2 Å². The molecule has 0 amide bonds. The Hall–Kier alpha value is -1.29. The summed E-state index contributed by atoms with van der Waals surface area (Å²) in [7, 11) is -2.26. The smallest absolute Gasteiger partial charge is 0.330 e. The van der Waals surface area contributed by atoms with Gasteiger partial charge >= 0.3 is 5.69 Å².